The Labute approximate surface area is 337 Å². The number of aliphatic imine (C=N–C) groups is 1. The first kappa shape index (κ1) is 34.0. The van der Waals surface area contributed by atoms with Crippen molar-refractivity contribution in [1.29, 1.82) is 0 Å². The van der Waals surface area contributed by atoms with Gasteiger partial charge in [-0.3, -0.25) is 9.89 Å². The smallest absolute Gasteiger partial charge is 0.164 e. The number of aromatic nitrogens is 3. The SMILES string of the molecule is CC1C=CC(N2C3=CC=CCC3N=C2c2cccc(-c3nc(-c4cccc(-c5ccccc5)c4)nc(-c4ccc5c6ccccc6c6ccccc6c5c4)n3)c2)=CC1. The number of hydrogen-bond donors (Lipinski definition) is 0. The lowest BCUT2D eigenvalue weighted by atomic mass is 9.93. The second-order valence-corrected chi connectivity index (χ2v) is 15.4. The Balaban J connectivity index is 1.08. The summed E-state index contributed by atoms with van der Waals surface area (Å²) in [5, 5.41) is 7.32. The van der Waals surface area contributed by atoms with Gasteiger partial charge >= 0.3 is 0 Å². The lowest BCUT2D eigenvalue weighted by Crippen LogP contribution is -2.28. The summed E-state index contributed by atoms with van der Waals surface area (Å²) in [5.41, 5.74) is 8.44. The van der Waals surface area contributed by atoms with Gasteiger partial charge in [0.1, 0.15) is 5.84 Å². The quantitative estimate of drug-likeness (QED) is 0.159. The number of allylic oxidation sites excluding steroid dienone is 5. The zero-order valence-corrected chi connectivity index (χ0v) is 32.1. The third-order valence-electron chi connectivity index (χ3n) is 11.6. The van der Waals surface area contributed by atoms with Crippen LogP contribution < -0.4 is 0 Å². The molecule has 0 saturated heterocycles. The van der Waals surface area contributed by atoms with Gasteiger partial charge in [0, 0.05) is 33.6 Å². The first-order chi connectivity index (χ1) is 28.6. The fraction of sp³-hybridized carbons (Fsp3) is 0.0943. The van der Waals surface area contributed by atoms with Crippen LogP contribution in [0.25, 0.3) is 77.6 Å². The van der Waals surface area contributed by atoms with Crippen LogP contribution in [-0.2, 0) is 0 Å². The monoisotopic (exact) mass is 745 g/mol. The van der Waals surface area contributed by atoms with Gasteiger partial charge in [-0.15, -0.1) is 0 Å². The van der Waals surface area contributed by atoms with E-state index in [-0.39, 0.29) is 6.04 Å². The Morgan fingerprint density at radius 3 is 1.71 bits per heavy atom. The summed E-state index contributed by atoms with van der Waals surface area (Å²) in [6.45, 7) is 2.26. The van der Waals surface area contributed by atoms with E-state index in [9.17, 15) is 0 Å². The molecule has 5 nitrogen and oxygen atoms in total. The average Bonchev–Trinajstić information content (AvgIpc) is 3.69. The molecular formula is C53H39N5. The van der Waals surface area contributed by atoms with Gasteiger partial charge in [-0.05, 0) is 92.6 Å². The van der Waals surface area contributed by atoms with Crippen LogP contribution in [0, 0.1) is 5.92 Å². The fourth-order valence-electron chi connectivity index (χ4n) is 8.71. The van der Waals surface area contributed by atoms with Crippen LogP contribution in [-0.4, -0.2) is 31.7 Å². The first-order valence-electron chi connectivity index (χ1n) is 20.1. The zero-order valence-electron chi connectivity index (χ0n) is 32.1. The number of amidine groups is 1. The van der Waals surface area contributed by atoms with Crippen LogP contribution in [0.15, 0.2) is 198 Å². The van der Waals surface area contributed by atoms with Crippen molar-refractivity contribution in [3.8, 4) is 45.3 Å². The topological polar surface area (TPSA) is 54.3 Å². The van der Waals surface area contributed by atoms with Crippen molar-refractivity contribution >= 4 is 38.2 Å². The Kier molecular flexibility index (Phi) is 8.25. The van der Waals surface area contributed by atoms with E-state index in [1.165, 1.54) is 43.7 Å². The molecular weight excluding hydrogens is 707 g/mol. The van der Waals surface area contributed by atoms with Gasteiger partial charge < -0.3 is 0 Å². The van der Waals surface area contributed by atoms with Gasteiger partial charge in [0.25, 0.3) is 0 Å². The average molecular weight is 746 g/mol. The normalized spacial score (nSPS) is 17.4. The minimum Gasteiger partial charge on any atom is -0.297 e. The molecule has 2 heterocycles. The molecule has 7 aromatic carbocycles. The van der Waals surface area contributed by atoms with Gasteiger partial charge in [-0.2, -0.15) is 0 Å². The minimum absolute atomic E-state index is 0.0886. The van der Waals surface area contributed by atoms with Crippen LogP contribution in [0.2, 0.25) is 0 Å². The summed E-state index contributed by atoms with van der Waals surface area (Å²) >= 11 is 0. The third kappa shape index (κ3) is 5.95. The molecule has 11 rings (SSSR count). The molecule has 0 fully saturated rings. The van der Waals surface area contributed by atoms with Crippen LogP contribution in [0.3, 0.4) is 0 Å². The maximum atomic E-state index is 5.33. The molecule has 2 atom stereocenters. The molecule has 58 heavy (non-hydrogen) atoms. The second-order valence-electron chi connectivity index (χ2n) is 15.4. The Morgan fingerprint density at radius 2 is 1.05 bits per heavy atom. The van der Waals surface area contributed by atoms with Crippen LogP contribution in [0.5, 0.6) is 0 Å². The molecule has 0 amide bonds. The van der Waals surface area contributed by atoms with Crippen molar-refractivity contribution in [3.05, 3.63) is 199 Å². The van der Waals surface area contributed by atoms with Gasteiger partial charge in [0.2, 0.25) is 0 Å². The lowest BCUT2D eigenvalue weighted by molar-refractivity contribution is 0.598. The molecule has 5 heteroatoms. The van der Waals surface area contributed by atoms with Gasteiger partial charge in [0.05, 0.1) is 6.04 Å². The van der Waals surface area contributed by atoms with Crippen LogP contribution in [0.4, 0.5) is 0 Å². The molecule has 0 radical (unpaired) electrons. The van der Waals surface area contributed by atoms with E-state index >= 15 is 0 Å². The Morgan fingerprint density at radius 1 is 0.500 bits per heavy atom. The number of rotatable bonds is 6. The van der Waals surface area contributed by atoms with Crippen molar-refractivity contribution in [2.45, 2.75) is 25.8 Å². The summed E-state index contributed by atoms with van der Waals surface area (Å²) in [6.07, 6.45) is 15.4. The molecule has 1 aliphatic heterocycles. The molecule has 0 N–H and O–H groups in total. The Hall–Kier alpha value is -7.24. The molecule has 0 bridgehead atoms. The molecule has 0 saturated carbocycles. The lowest BCUT2D eigenvalue weighted by Gasteiger charge is -2.28. The molecule has 0 spiro atoms. The highest BCUT2D eigenvalue weighted by Gasteiger charge is 2.34. The van der Waals surface area contributed by atoms with Crippen molar-refractivity contribution in [2.24, 2.45) is 10.9 Å². The summed E-state index contributed by atoms with van der Waals surface area (Å²) in [7, 11) is 0. The van der Waals surface area contributed by atoms with Crippen LogP contribution in [0.1, 0.15) is 25.3 Å². The second kappa shape index (κ2) is 14.1. The maximum absolute atomic E-state index is 5.33. The largest absolute Gasteiger partial charge is 0.297 e. The van der Waals surface area contributed by atoms with E-state index in [0.717, 1.165) is 52.1 Å². The van der Waals surface area contributed by atoms with Crippen molar-refractivity contribution < 1.29 is 0 Å². The Bertz CT molecular complexity index is 3060. The zero-order chi connectivity index (χ0) is 38.6. The van der Waals surface area contributed by atoms with E-state index in [1.807, 2.05) is 6.07 Å². The predicted octanol–water partition coefficient (Wildman–Crippen LogP) is 12.8. The first-order valence-corrected chi connectivity index (χ1v) is 20.1. The fourth-order valence-corrected chi connectivity index (χ4v) is 8.71. The van der Waals surface area contributed by atoms with Crippen molar-refractivity contribution in [3.63, 3.8) is 0 Å². The van der Waals surface area contributed by atoms with E-state index < -0.39 is 0 Å². The highest BCUT2D eigenvalue weighted by atomic mass is 15.3. The molecule has 3 aliphatic rings. The minimum atomic E-state index is 0.0886. The highest BCUT2D eigenvalue weighted by molar-refractivity contribution is 6.25. The number of benzene rings is 7. The van der Waals surface area contributed by atoms with Crippen molar-refractivity contribution in [1.82, 2.24) is 19.9 Å². The summed E-state index contributed by atoms with van der Waals surface area (Å²) < 4.78 is 0. The summed E-state index contributed by atoms with van der Waals surface area (Å²) in [5.74, 6) is 3.34. The number of fused-ring (bicyclic) bond motifs is 7. The summed E-state index contributed by atoms with van der Waals surface area (Å²) in [6, 6.07) is 51.6. The molecule has 2 aliphatic carbocycles. The third-order valence-corrected chi connectivity index (χ3v) is 11.6. The summed E-state index contributed by atoms with van der Waals surface area (Å²) in [4.78, 5) is 23.4. The highest BCUT2D eigenvalue weighted by Crippen LogP contribution is 2.39. The van der Waals surface area contributed by atoms with E-state index in [1.54, 1.807) is 0 Å². The van der Waals surface area contributed by atoms with E-state index in [2.05, 4.69) is 188 Å². The van der Waals surface area contributed by atoms with E-state index in [0.29, 0.717) is 23.4 Å². The van der Waals surface area contributed by atoms with Gasteiger partial charge in [-0.1, -0.05) is 159 Å². The maximum Gasteiger partial charge on any atom is 0.164 e. The number of nitrogens with zero attached hydrogens (tertiary/aromatic N) is 5. The predicted molar refractivity (Wildman–Crippen MR) is 239 cm³/mol. The molecule has 8 aromatic rings. The van der Waals surface area contributed by atoms with Gasteiger partial charge in [-0.25, -0.2) is 15.0 Å². The standard InChI is InChI=1S/C53H39N5/c1-34-25-28-41(29-26-34)58-49-24-10-9-23-48(49)54-53(58)40-18-12-17-38(32-40)51-55-50(37-16-11-15-36(31-37)35-13-3-2-4-14-35)56-52(57-51)39-27-30-46-44-21-6-5-19-42(44)43-20-7-8-22-45(43)47(46)33-39/h2-22,24-25,27-34,48H,23,26H2,1H3. The molecule has 1 aromatic heterocycles. The van der Waals surface area contributed by atoms with E-state index in [4.69, 9.17) is 19.9 Å². The molecule has 276 valence electrons. The van der Waals surface area contributed by atoms with Gasteiger partial charge in [0.15, 0.2) is 17.5 Å². The molecule has 2 unspecified atom stereocenters. The van der Waals surface area contributed by atoms with Crippen LogP contribution >= 0.6 is 0 Å². The van der Waals surface area contributed by atoms with Crippen molar-refractivity contribution in [2.75, 3.05) is 0 Å². The number of hydrogen-bond acceptors (Lipinski definition) is 5.